The van der Waals surface area contributed by atoms with E-state index >= 15 is 0 Å². The number of hydrogen-bond donors (Lipinski definition) is 2. The Bertz CT molecular complexity index is 1090. The first-order valence-corrected chi connectivity index (χ1v) is 10.6. The molecule has 0 fully saturated rings. The summed E-state index contributed by atoms with van der Waals surface area (Å²) in [6.07, 6.45) is 2.31. The third-order valence-electron chi connectivity index (χ3n) is 4.22. The first-order chi connectivity index (χ1) is 14.0. The fraction of sp³-hybridized carbons (Fsp3) is 0.136. The Hall–Kier alpha value is -3.03. The first kappa shape index (κ1) is 23.3. The lowest BCUT2D eigenvalue weighted by molar-refractivity contribution is 0.322. The van der Waals surface area contributed by atoms with Crippen molar-refractivity contribution >= 4 is 34.3 Å². The number of ether oxygens (including phenoxy) is 1. The van der Waals surface area contributed by atoms with E-state index in [4.69, 9.17) is 10.6 Å². The number of benzene rings is 3. The minimum absolute atomic E-state index is 0. The topological polar surface area (TPSA) is 93.8 Å². The molecule has 6 nitrogen and oxygen atoms in total. The zero-order chi connectivity index (χ0) is 20.7. The average Bonchev–Trinajstić information content (AvgIpc) is 2.69. The highest BCUT2D eigenvalue weighted by Crippen LogP contribution is 2.23. The van der Waals surface area contributed by atoms with Gasteiger partial charge in [-0.3, -0.25) is 4.72 Å². The SMILES string of the molecule is Cc1cc(NS(=O)(=O)c2ccccc2)cc(OCCc2ccc(/C=N\N)cc2)c1.Cl. The molecule has 158 valence electrons. The van der Waals surface area contributed by atoms with Crippen LogP contribution in [0.15, 0.2) is 82.8 Å². The predicted molar refractivity (Wildman–Crippen MR) is 123 cm³/mol. The summed E-state index contributed by atoms with van der Waals surface area (Å²) in [4.78, 5) is 0.215. The molecular formula is C22H24ClN3O3S. The van der Waals surface area contributed by atoms with E-state index in [1.807, 2.05) is 37.3 Å². The van der Waals surface area contributed by atoms with Crippen LogP contribution in [-0.4, -0.2) is 21.2 Å². The average molecular weight is 446 g/mol. The summed E-state index contributed by atoms with van der Waals surface area (Å²) in [5.41, 5.74) is 3.43. The molecule has 0 amide bonds. The summed E-state index contributed by atoms with van der Waals surface area (Å²) in [5.74, 6) is 5.76. The first-order valence-electron chi connectivity index (χ1n) is 9.11. The van der Waals surface area contributed by atoms with Crippen LogP contribution in [0.3, 0.4) is 0 Å². The smallest absolute Gasteiger partial charge is 0.261 e. The van der Waals surface area contributed by atoms with Crippen LogP contribution in [0.1, 0.15) is 16.7 Å². The number of nitrogens with two attached hydrogens (primary N) is 1. The number of anilines is 1. The highest BCUT2D eigenvalue weighted by Gasteiger charge is 2.14. The molecule has 0 aliphatic rings. The van der Waals surface area contributed by atoms with Crippen LogP contribution < -0.4 is 15.3 Å². The largest absolute Gasteiger partial charge is 0.493 e. The minimum Gasteiger partial charge on any atom is -0.493 e. The van der Waals surface area contributed by atoms with Gasteiger partial charge in [-0.1, -0.05) is 42.5 Å². The molecule has 0 bridgehead atoms. The van der Waals surface area contributed by atoms with Crippen molar-refractivity contribution in [3.8, 4) is 5.75 Å². The van der Waals surface area contributed by atoms with Crippen molar-refractivity contribution in [2.75, 3.05) is 11.3 Å². The van der Waals surface area contributed by atoms with Crippen LogP contribution in [0.4, 0.5) is 5.69 Å². The molecule has 0 saturated heterocycles. The van der Waals surface area contributed by atoms with Gasteiger partial charge in [0, 0.05) is 12.5 Å². The fourth-order valence-corrected chi connectivity index (χ4v) is 3.91. The zero-order valence-electron chi connectivity index (χ0n) is 16.5. The van der Waals surface area contributed by atoms with Crippen molar-refractivity contribution in [1.29, 1.82) is 0 Å². The molecule has 0 atom stereocenters. The summed E-state index contributed by atoms with van der Waals surface area (Å²) in [6, 6.07) is 21.5. The Kier molecular flexibility index (Phi) is 8.26. The van der Waals surface area contributed by atoms with E-state index < -0.39 is 10.0 Å². The summed E-state index contributed by atoms with van der Waals surface area (Å²) < 4.78 is 33.5. The van der Waals surface area contributed by atoms with Gasteiger partial charge in [-0.15, -0.1) is 12.4 Å². The summed E-state index contributed by atoms with van der Waals surface area (Å²) in [6.45, 7) is 2.36. The Morgan fingerprint density at radius 3 is 2.40 bits per heavy atom. The van der Waals surface area contributed by atoms with Crippen molar-refractivity contribution in [2.45, 2.75) is 18.2 Å². The number of aryl methyl sites for hydroxylation is 1. The normalized spacial score (nSPS) is 11.1. The lowest BCUT2D eigenvalue weighted by Crippen LogP contribution is -2.13. The van der Waals surface area contributed by atoms with Gasteiger partial charge in [-0.05, 0) is 47.9 Å². The summed E-state index contributed by atoms with van der Waals surface area (Å²) in [7, 11) is -3.64. The van der Waals surface area contributed by atoms with E-state index in [-0.39, 0.29) is 17.3 Å². The van der Waals surface area contributed by atoms with Crippen LogP contribution in [-0.2, 0) is 16.4 Å². The van der Waals surface area contributed by atoms with E-state index in [9.17, 15) is 8.42 Å². The van der Waals surface area contributed by atoms with E-state index in [0.29, 0.717) is 18.0 Å². The molecule has 0 aliphatic carbocycles. The maximum Gasteiger partial charge on any atom is 0.261 e. The van der Waals surface area contributed by atoms with E-state index in [2.05, 4.69) is 9.82 Å². The molecule has 0 aliphatic heterocycles. The van der Waals surface area contributed by atoms with Crippen LogP contribution >= 0.6 is 12.4 Å². The molecular weight excluding hydrogens is 422 g/mol. The molecule has 3 aromatic carbocycles. The van der Waals surface area contributed by atoms with Crippen molar-refractivity contribution in [3.63, 3.8) is 0 Å². The zero-order valence-corrected chi connectivity index (χ0v) is 18.1. The number of nitrogens with zero attached hydrogens (tertiary/aromatic N) is 1. The number of nitrogens with one attached hydrogen (secondary N) is 1. The van der Waals surface area contributed by atoms with Gasteiger partial charge < -0.3 is 10.6 Å². The van der Waals surface area contributed by atoms with Gasteiger partial charge in [-0.2, -0.15) is 5.10 Å². The summed E-state index contributed by atoms with van der Waals surface area (Å²) >= 11 is 0. The Morgan fingerprint density at radius 1 is 1.03 bits per heavy atom. The minimum atomic E-state index is -3.64. The van der Waals surface area contributed by atoms with Gasteiger partial charge in [0.05, 0.1) is 23.4 Å². The van der Waals surface area contributed by atoms with Crippen LogP contribution in [0.2, 0.25) is 0 Å². The lowest BCUT2D eigenvalue weighted by atomic mass is 10.1. The van der Waals surface area contributed by atoms with Crippen molar-refractivity contribution in [1.82, 2.24) is 0 Å². The molecule has 0 heterocycles. The monoisotopic (exact) mass is 445 g/mol. The number of hydrogen-bond acceptors (Lipinski definition) is 5. The molecule has 0 spiro atoms. The van der Waals surface area contributed by atoms with Gasteiger partial charge >= 0.3 is 0 Å². The second-order valence-corrected chi connectivity index (χ2v) is 8.25. The van der Waals surface area contributed by atoms with Crippen molar-refractivity contribution < 1.29 is 13.2 Å². The van der Waals surface area contributed by atoms with E-state index in [0.717, 1.165) is 23.1 Å². The van der Waals surface area contributed by atoms with Crippen molar-refractivity contribution in [3.05, 3.63) is 89.5 Å². The standard InChI is InChI=1S/C22H23N3O3S.ClH/c1-17-13-20(25-29(26,27)22-5-3-2-4-6-22)15-21(14-17)28-12-11-18-7-9-19(10-8-18)16-24-23;/h2-10,13-16,25H,11-12,23H2,1H3;1H/b24-16-;. The van der Waals surface area contributed by atoms with E-state index in [1.165, 1.54) is 0 Å². The van der Waals surface area contributed by atoms with Gasteiger partial charge in [-0.25, -0.2) is 8.42 Å². The number of sulfonamides is 1. The van der Waals surface area contributed by atoms with E-state index in [1.54, 1.807) is 48.7 Å². The number of halogens is 1. The summed E-state index contributed by atoms with van der Waals surface area (Å²) in [5, 5.41) is 3.50. The van der Waals surface area contributed by atoms with Crippen LogP contribution in [0.5, 0.6) is 5.75 Å². The molecule has 8 heteroatoms. The second-order valence-electron chi connectivity index (χ2n) is 6.57. The molecule has 30 heavy (non-hydrogen) atoms. The molecule has 3 N–H and O–H groups in total. The quantitative estimate of drug-likeness (QED) is 0.309. The molecule has 0 unspecified atom stereocenters. The molecule has 0 saturated carbocycles. The fourth-order valence-electron chi connectivity index (χ4n) is 2.85. The van der Waals surface area contributed by atoms with Gasteiger partial charge in [0.1, 0.15) is 5.75 Å². The molecule has 3 aromatic rings. The number of rotatable bonds is 8. The molecule has 0 aromatic heterocycles. The van der Waals surface area contributed by atoms with Crippen LogP contribution in [0.25, 0.3) is 0 Å². The predicted octanol–water partition coefficient (Wildman–Crippen LogP) is 4.13. The Labute approximate surface area is 183 Å². The maximum absolute atomic E-state index is 12.5. The Morgan fingerprint density at radius 2 is 1.73 bits per heavy atom. The highest BCUT2D eigenvalue weighted by atomic mass is 35.5. The van der Waals surface area contributed by atoms with Gasteiger partial charge in [0.25, 0.3) is 10.0 Å². The molecule has 0 radical (unpaired) electrons. The van der Waals surface area contributed by atoms with Crippen LogP contribution in [0, 0.1) is 6.92 Å². The van der Waals surface area contributed by atoms with Crippen molar-refractivity contribution in [2.24, 2.45) is 10.9 Å². The second kappa shape index (κ2) is 10.7. The van der Waals surface area contributed by atoms with Gasteiger partial charge in [0.15, 0.2) is 0 Å². The molecule has 3 rings (SSSR count). The number of hydrazone groups is 1. The third kappa shape index (κ3) is 6.50. The Balaban J connectivity index is 0.00000320. The maximum atomic E-state index is 12.5. The third-order valence-corrected chi connectivity index (χ3v) is 5.62. The highest BCUT2D eigenvalue weighted by molar-refractivity contribution is 7.92. The lowest BCUT2D eigenvalue weighted by Gasteiger charge is -2.12. The van der Waals surface area contributed by atoms with Gasteiger partial charge in [0.2, 0.25) is 0 Å².